The van der Waals surface area contributed by atoms with Gasteiger partial charge in [0, 0.05) is 23.4 Å². The van der Waals surface area contributed by atoms with Crippen molar-refractivity contribution in [3.63, 3.8) is 0 Å². The van der Waals surface area contributed by atoms with E-state index in [2.05, 4.69) is 5.32 Å². The number of carbonyl (C=O) groups excluding carboxylic acids is 4. The first kappa shape index (κ1) is 32.8. The standard InChI is InChI=1S/C26H41NO6.CO2/c1-16-13-17(2)22(26(9,10)15-20(28)29)18(14-16)32-23(31)27-19(24(3,4)5)11-12-21(30)33-25(6,7)8;2-1-3/h13-14,19H,11-12,15H2,1-10H3,(H,27,31)(H,28,29);/t19-;/m0./s1. The lowest BCUT2D eigenvalue weighted by Crippen LogP contribution is -2.45. The molecule has 0 saturated carbocycles. The van der Waals surface area contributed by atoms with Crippen molar-refractivity contribution in [2.24, 2.45) is 5.41 Å². The third-order valence-electron chi connectivity index (χ3n) is 5.31. The average Bonchev–Trinajstić information content (AvgIpc) is 2.61. The summed E-state index contributed by atoms with van der Waals surface area (Å²) in [4.78, 5) is 52.7. The Morgan fingerprint density at radius 2 is 1.53 bits per heavy atom. The molecule has 202 valence electrons. The summed E-state index contributed by atoms with van der Waals surface area (Å²) >= 11 is 0. The molecule has 0 fully saturated rings. The van der Waals surface area contributed by atoms with E-state index in [4.69, 9.17) is 19.1 Å². The van der Waals surface area contributed by atoms with E-state index in [0.29, 0.717) is 17.7 Å². The SMILES string of the molecule is Cc1cc(C)c(C(C)(C)CC(=O)O)c(OC(=O)N[C@@H](CCC(=O)OC(C)(C)C)C(C)(C)C)c1.O=C=O. The minimum Gasteiger partial charge on any atom is -0.481 e. The molecule has 1 aromatic carbocycles. The van der Waals surface area contributed by atoms with Gasteiger partial charge in [-0.3, -0.25) is 9.59 Å². The molecule has 9 heteroatoms. The maximum atomic E-state index is 12.9. The molecular formula is C27H41NO8. The van der Waals surface area contributed by atoms with Crippen molar-refractivity contribution in [2.45, 2.75) is 106 Å². The maximum absolute atomic E-state index is 12.9. The third-order valence-corrected chi connectivity index (χ3v) is 5.31. The predicted molar refractivity (Wildman–Crippen MR) is 134 cm³/mol. The highest BCUT2D eigenvalue weighted by molar-refractivity contribution is 5.74. The Bertz CT molecular complexity index is 961. The van der Waals surface area contributed by atoms with Gasteiger partial charge in [-0.2, -0.15) is 9.59 Å². The van der Waals surface area contributed by atoms with Gasteiger partial charge in [0.05, 0.1) is 6.42 Å². The number of ether oxygens (including phenoxy) is 2. The van der Waals surface area contributed by atoms with Crippen LogP contribution in [0, 0.1) is 19.3 Å². The summed E-state index contributed by atoms with van der Waals surface area (Å²) in [5.74, 6) is -0.902. The summed E-state index contributed by atoms with van der Waals surface area (Å²) in [5, 5.41) is 12.3. The number of benzene rings is 1. The van der Waals surface area contributed by atoms with Gasteiger partial charge >= 0.3 is 24.2 Å². The highest BCUT2D eigenvalue weighted by Gasteiger charge is 2.32. The quantitative estimate of drug-likeness (QED) is 0.464. The number of amides is 1. The van der Waals surface area contributed by atoms with Crippen LogP contribution in [-0.2, 0) is 29.3 Å². The van der Waals surface area contributed by atoms with Crippen LogP contribution in [0.4, 0.5) is 4.79 Å². The van der Waals surface area contributed by atoms with Gasteiger partial charge in [-0.05, 0) is 63.6 Å². The van der Waals surface area contributed by atoms with E-state index in [0.717, 1.165) is 11.1 Å². The van der Waals surface area contributed by atoms with Crippen LogP contribution in [0.15, 0.2) is 12.1 Å². The fourth-order valence-corrected chi connectivity index (χ4v) is 3.99. The van der Waals surface area contributed by atoms with Gasteiger partial charge in [-0.15, -0.1) is 0 Å². The van der Waals surface area contributed by atoms with Crippen LogP contribution < -0.4 is 10.1 Å². The van der Waals surface area contributed by atoms with Crippen molar-refractivity contribution in [2.75, 3.05) is 0 Å². The average molecular weight is 508 g/mol. The van der Waals surface area contributed by atoms with Crippen molar-refractivity contribution in [3.8, 4) is 5.75 Å². The van der Waals surface area contributed by atoms with Gasteiger partial charge in [0.25, 0.3) is 0 Å². The number of esters is 1. The second kappa shape index (κ2) is 13.2. The number of aliphatic carboxylic acids is 1. The molecule has 0 aliphatic heterocycles. The van der Waals surface area contributed by atoms with E-state index < -0.39 is 23.1 Å². The summed E-state index contributed by atoms with van der Waals surface area (Å²) in [6, 6.07) is 3.36. The smallest absolute Gasteiger partial charge is 0.412 e. The molecule has 1 amide bonds. The Hall–Kier alpha value is -3.19. The molecule has 0 radical (unpaired) electrons. The van der Waals surface area contributed by atoms with Crippen molar-refractivity contribution in [3.05, 3.63) is 28.8 Å². The number of hydrogen-bond donors (Lipinski definition) is 2. The summed E-state index contributed by atoms with van der Waals surface area (Å²) in [7, 11) is 0. The normalized spacial score (nSPS) is 12.4. The molecule has 0 unspecified atom stereocenters. The van der Waals surface area contributed by atoms with E-state index in [9.17, 15) is 19.5 Å². The number of carbonyl (C=O) groups is 3. The lowest BCUT2D eigenvalue weighted by Gasteiger charge is -2.32. The van der Waals surface area contributed by atoms with Crippen molar-refractivity contribution >= 4 is 24.2 Å². The highest BCUT2D eigenvalue weighted by atomic mass is 16.6. The van der Waals surface area contributed by atoms with Crippen LogP contribution in [0.2, 0.25) is 0 Å². The van der Waals surface area contributed by atoms with Crippen LogP contribution in [0.3, 0.4) is 0 Å². The zero-order valence-corrected chi connectivity index (χ0v) is 23.2. The zero-order chi connectivity index (χ0) is 28.5. The first-order valence-corrected chi connectivity index (χ1v) is 11.8. The van der Waals surface area contributed by atoms with Crippen molar-refractivity contribution in [1.29, 1.82) is 0 Å². The van der Waals surface area contributed by atoms with Crippen molar-refractivity contribution in [1.82, 2.24) is 5.32 Å². The van der Waals surface area contributed by atoms with Crippen LogP contribution >= 0.6 is 0 Å². The molecule has 0 heterocycles. The van der Waals surface area contributed by atoms with Crippen molar-refractivity contribution < 1.29 is 38.6 Å². The molecule has 0 aromatic heterocycles. The van der Waals surface area contributed by atoms with Gasteiger partial charge in [-0.25, -0.2) is 4.79 Å². The summed E-state index contributed by atoms with van der Waals surface area (Å²) in [6.45, 7) is 18.8. The number of aryl methyl sites for hydroxylation is 2. The van der Waals surface area contributed by atoms with E-state index in [1.165, 1.54) is 0 Å². The fraction of sp³-hybridized carbons (Fsp3) is 0.630. The second-order valence-corrected chi connectivity index (χ2v) is 11.6. The van der Waals surface area contributed by atoms with Crippen LogP contribution in [0.25, 0.3) is 0 Å². The van der Waals surface area contributed by atoms with E-state index in [1.54, 1.807) is 6.07 Å². The Labute approximate surface area is 213 Å². The second-order valence-electron chi connectivity index (χ2n) is 11.6. The van der Waals surface area contributed by atoms with Gasteiger partial charge in [0.2, 0.25) is 0 Å². The number of rotatable bonds is 8. The van der Waals surface area contributed by atoms with E-state index >= 15 is 0 Å². The monoisotopic (exact) mass is 507 g/mol. The Kier molecular flexibility index (Phi) is 12.0. The number of nitrogens with one attached hydrogen (secondary N) is 1. The molecule has 36 heavy (non-hydrogen) atoms. The first-order chi connectivity index (χ1) is 16.2. The van der Waals surface area contributed by atoms with Gasteiger partial charge < -0.3 is 19.9 Å². The molecule has 0 spiro atoms. The number of carboxylic acids is 1. The zero-order valence-electron chi connectivity index (χ0n) is 23.2. The Morgan fingerprint density at radius 1 is 1.00 bits per heavy atom. The first-order valence-electron chi connectivity index (χ1n) is 11.8. The molecule has 9 nitrogen and oxygen atoms in total. The Balaban J connectivity index is 0.00000387. The topological polar surface area (TPSA) is 136 Å². The molecule has 1 rings (SSSR count). The summed E-state index contributed by atoms with van der Waals surface area (Å²) in [5.41, 5.74) is 0.826. The molecule has 1 atom stereocenters. The minimum atomic E-state index is -0.926. The third kappa shape index (κ3) is 12.0. The largest absolute Gasteiger partial charge is 0.481 e. The van der Waals surface area contributed by atoms with Crippen LogP contribution in [0.1, 0.15) is 91.3 Å². The number of hydrogen-bond acceptors (Lipinski definition) is 7. The maximum Gasteiger partial charge on any atom is 0.412 e. The van der Waals surface area contributed by atoms with Crippen LogP contribution in [0.5, 0.6) is 5.75 Å². The molecule has 0 saturated heterocycles. The fourth-order valence-electron chi connectivity index (χ4n) is 3.99. The Morgan fingerprint density at radius 3 is 1.97 bits per heavy atom. The lowest BCUT2D eigenvalue weighted by molar-refractivity contribution is -0.191. The molecule has 0 bridgehead atoms. The molecule has 1 aromatic rings. The predicted octanol–water partition coefficient (Wildman–Crippen LogP) is 5.10. The molecule has 0 aliphatic carbocycles. The number of carboxylic acid groups (broad SMARTS) is 1. The molecule has 0 aliphatic rings. The summed E-state index contributed by atoms with van der Waals surface area (Å²) in [6.07, 6.45) is 0.0732. The van der Waals surface area contributed by atoms with E-state index in [1.807, 2.05) is 75.3 Å². The minimum absolute atomic E-state index is 0.102. The van der Waals surface area contributed by atoms with Crippen LogP contribution in [-0.4, -0.2) is 40.9 Å². The lowest BCUT2D eigenvalue weighted by atomic mass is 9.78. The molecular weight excluding hydrogens is 466 g/mol. The molecule has 2 N–H and O–H groups in total. The highest BCUT2D eigenvalue weighted by Crippen LogP contribution is 2.38. The van der Waals surface area contributed by atoms with E-state index in [-0.39, 0.29) is 36.4 Å². The van der Waals surface area contributed by atoms with Gasteiger partial charge in [0.15, 0.2) is 0 Å². The summed E-state index contributed by atoms with van der Waals surface area (Å²) < 4.78 is 11.1. The van der Waals surface area contributed by atoms with Gasteiger partial charge in [0.1, 0.15) is 11.4 Å². The van der Waals surface area contributed by atoms with Gasteiger partial charge in [-0.1, -0.05) is 40.7 Å².